The van der Waals surface area contributed by atoms with Gasteiger partial charge >= 0.3 is 0 Å². The Morgan fingerprint density at radius 3 is 2.32 bits per heavy atom. The molecule has 1 rings (SSSR count). The minimum atomic E-state index is -1.95. The van der Waals surface area contributed by atoms with E-state index in [9.17, 15) is 14.4 Å². The minimum absolute atomic E-state index is 0.128. The molecule has 0 saturated carbocycles. The van der Waals surface area contributed by atoms with Crippen molar-refractivity contribution >= 4 is 17.7 Å². The van der Waals surface area contributed by atoms with Crippen molar-refractivity contribution in [1.29, 1.82) is 0 Å². The second kappa shape index (κ2) is 10.4. The first kappa shape index (κ1) is 23.1. The number of nitrogens with one attached hydrogen (secondary N) is 2. The highest BCUT2D eigenvalue weighted by Gasteiger charge is 2.47. The van der Waals surface area contributed by atoms with Gasteiger partial charge in [0.25, 0.3) is 17.7 Å². The molecule has 0 spiro atoms. The van der Waals surface area contributed by atoms with Gasteiger partial charge in [0.05, 0.1) is 12.7 Å². The van der Waals surface area contributed by atoms with Crippen LogP contribution in [0, 0.1) is 11.8 Å². The molecule has 0 aliphatic rings. The highest BCUT2D eigenvalue weighted by Crippen LogP contribution is 2.18. The zero-order valence-electron chi connectivity index (χ0n) is 16.3. The van der Waals surface area contributed by atoms with E-state index in [0.717, 1.165) is 4.90 Å². The summed E-state index contributed by atoms with van der Waals surface area (Å²) in [7, 11) is 4.10. The number of hydrogen-bond donors (Lipinski definition) is 4. The van der Waals surface area contributed by atoms with Crippen molar-refractivity contribution in [1.82, 2.24) is 15.7 Å². The molecule has 9 nitrogen and oxygen atoms in total. The van der Waals surface area contributed by atoms with Gasteiger partial charge in [-0.15, -0.1) is 0 Å². The maximum atomic E-state index is 12.7. The van der Waals surface area contributed by atoms with Crippen molar-refractivity contribution in [2.45, 2.75) is 25.0 Å². The largest absolute Gasteiger partial charge is 0.394 e. The van der Waals surface area contributed by atoms with Crippen LogP contribution in [0.1, 0.15) is 29.3 Å². The zero-order chi connectivity index (χ0) is 21.3. The van der Waals surface area contributed by atoms with Crippen molar-refractivity contribution in [3.63, 3.8) is 0 Å². The molecule has 2 atom stereocenters. The van der Waals surface area contributed by atoms with E-state index in [4.69, 9.17) is 15.1 Å². The normalized spacial score (nSPS) is 13.4. The molecule has 0 radical (unpaired) electrons. The lowest BCUT2D eigenvalue weighted by atomic mass is 9.96. The number of carbonyl (C=O) groups excluding carboxylic acids is 3. The van der Waals surface area contributed by atoms with Crippen LogP contribution in [0.2, 0.25) is 0 Å². The molecule has 1 aromatic rings. The lowest BCUT2D eigenvalue weighted by Crippen LogP contribution is -2.64. The van der Waals surface area contributed by atoms with Crippen LogP contribution >= 0.6 is 0 Å². The number of rotatable bonds is 7. The standard InChI is InChI=1S/C19H25N3O6/c1-19(17(25)20-2,18(26)21-27)22(3)16(24)14-10-8-13(9-11-14)6-5-7-15(12-23)28-4/h8-11,15,23,27H,7,12H2,1-4H3,(H,20,25)(H,21,26). The average molecular weight is 391 g/mol. The lowest BCUT2D eigenvalue weighted by Gasteiger charge is -2.34. The highest BCUT2D eigenvalue weighted by atomic mass is 16.5. The Balaban J connectivity index is 3.01. The Morgan fingerprint density at radius 1 is 1.25 bits per heavy atom. The van der Waals surface area contributed by atoms with Gasteiger partial charge in [0.1, 0.15) is 0 Å². The number of ether oxygens (including phenoxy) is 1. The summed E-state index contributed by atoms with van der Waals surface area (Å²) >= 11 is 0. The number of hydrogen-bond acceptors (Lipinski definition) is 6. The lowest BCUT2D eigenvalue weighted by molar-refractivity contribution is -0.148. The summed E-state index contributed by atoms with van der Waals surface area (Å²) in [5.41, 5.74) is 0.356. The Hall–Kier alpha value is -2.93. The van der Waals surface area contributed by atoms with Crippen molar-refractivity contribution < 1.29 is 29.4 Å². The number of methoxy groups -OCH3 is 1. The fourth-order valence-electron chi connectivity index (χ4n) is 2.34. The van der Waals surface area contributed by atoms with Crippen LogP contribution in [-0.2, 0) is 14.3 Å². The van der Waals surface area contributed by atoms with Gasteiger partial charge in [-0.2, -0.15) is 0 Å². The molecule has 1 aromatic carbocycles. The smallest absolute Gasteiger partial charge is 0.278 e. The number of benzene rings is 1. The minimum Gasteiger partial charge on any atom is -0.394 e. The first-order valence-electron chi connectivity index (χ1n) is 8.43. The van der Waals surface area contributed by atoms with Crippen LogP contribution in [0.25, 0.3) is 0 Å². The van der Waals surface area contributed by atoms with Gasteiger partial charge in [-0.3, -0.25) is 19.6 Å². The predicted octanol–water partition coefficient (Wildman–Crippen LogP) is -0.482. The number of aliphatic hydroxyl groups excluding tert-OH is 1. The van der Waals surface area contributed by atoms with Crippen LogP contribution in [-0.4, -0.2) is 72.4 Å². The van der Waals surface area contributed by atoms with E-state index in [0.29, 0.717) is 12.0 Å². The third-order valence-corrected chi connectivity index (χ3v) is 4.42. The first-order chi connectivity index (χ1) is 13.3. The number of amides is 3. The van der Waals surface area contributed by atoms with E-state index in [1.54, 1.807) is 12.1 Å². The molecule has 0 fully saturated rings. The molecular formula is C19H25N3O6. The van der Waals surface area contributed by atoms with Gasteiger partial charge in [-0.1, -0.05) is 11.8 Å². The van der Waals surface area contributed by atoms with E-state index in [1.165, 1.54) is 45.7 Å². The van der Waals surface area contributed by atoms with Gasteiger partial charge in [0.2, 0.25) is 0 Å². The van der Waals surface area contributed by atoms with Crippen LogP contribution in [0.15, 0.2) is 24.3 Å². The summed E-state index contributed by atoms with van der Waals surface area (Å²) in [6.45, 7) is 1.10. The third kappa shape index (κ3) is 5.07. The maximum Gasteiger partial charge on any atom is 0.278 e. The van der Waals surface area contributed by atoms with E-state index in [-0.39, 0.29) is 18.3 Å². The number of hydroxylamine groups is 1. The maximum absolute atomic E-state index is 12.7. The summed E-state index contributed by atoms with van der Waals surface area (Å²) < 4.78 is 5.02. The number of carbonyl (C=O) groups is 3. The molecule has 4 N–H and O–H groups in total. The summed E-state index contributed by atoms with van der Waals surface area (Å²) in [5.74, 6) is 3.39. The molecule has 0 heterocycles. The summed E-state index contributed by atoms with van der Waals surface area (Å²) in [6.07, 6.45) is -0.000894. The molecule has 9 heteroatoms. The van der Waals surface area contributed by atoms with Gasteiger partial charge < -0.3 is 20.1 Å². The Kier molecular flexibility index (Phi) is 8.60. The third-order valence-electron chi connectivity index (χ3n) is 4.42. The van der Waals surface area contributed by atoms with E-state index in [2.05, 4.69) is 17.2 Å². The van der Waals surface area contributed by atoms with Crippen molar-refractivity contribution in [3.8, 4) is 11.8 Å². The van der Waals surface area contributed by atoms with Crippen molar-refractivity contribution in [2.24, 2.45) is 0 Å². The number of aliphatic hydroxyl groups is 1. The molecular weight excluding hydrogens is 366 g/mol. The predicted molar refractivity (Wildman–Crippen MR) is 100 cm³/mol. The average Bonchev–Trinajstić information content (AvgIpc) is 2.74. The molecule has 0 saturated heterocycles. The second-order valence-corrected chi connectivity index (χ2v) is 6.08. The first-order valence-corrected chi connectivity index (χ1v) is 8.43. The van der Waals surface area contributed by atoms with E-state index >= 15 is 0 Å². The molecule has 0 aromatic heterocycles. The number of likely N-dealkylation sites (N-methyl/N-ethyl adjacent to an activating group) is 2. The van der Waals surface area contributed by atoms with Gasteiger partial charge in [0.15, 0.2) is 5.54 Å². The van der Waals surface area contributed by atoms with E-state index < -0.39 is 23.3 Å². The Labute approximate surface area is 163 Å². The molecule has 28 heavy (non-hydrogen) atoms. The molecule has 152 valence electrons. The Morgan fingerprint density at radius 2 is 1.86 bits per heavy atom. The van der Waals surface area contributed by atoms with Gasteiger partial charge in [-0.05, 0) is 31.2 Å². The molecule has 0 bridgehead atoms. The van der Waals surface area contributed by atoms with Crippen LogP contribution in [0.4, 0.5) is 0 Å². The van der Waals surface area contributed by atoms with Crippen molar-refractivity contribution in [2.75, 3.05) is 27.8 Å². The molecule has 0 aliphatic carbocycles. The van der Waals surface area contributed by atoms with Crippen LogP contribution < -0.4 is 10.8 Å². The van der Waals surface area contributed by atoms with Gasteiger partial charge in [0, 0.05) is 38.8 Å². The number of nitrogens with zero attached hydrogens (tertiary/aromatic N) is 1. The summed E-state index contributed by atoms with van der Waals surface area (Å²) in [6, 6.07) is 6.28. The fourth-order valence-corrected chi connectivity index (χ4v) is 2.34. The quantitative estimate of drug-likeness (QED) is 0.215. The van der Waals surface area contributed by atoms with E-state index in [1.807, 2.05) is 0 Å². The molecule has 0 aliphatic heterocycles. The summed E-state index contributed by atoms with van der Waals surface area (Å²) in [5, 5.41) is 20.3. The van der Waals surface area contributed by atoms with Crippen LogP contribution in [0.3, 0.4) is 0 Å². The summed E-state index contributed by atoms with van der Waals surface area (Å²) in [4.78, 5) is 37.9. The second-order valence-electron chi connectivity index (χ2n) is 6.08. The van der Waals surface area contributed by atoms with Crippen molar-refractivity contribution in [3.05, 3.63) is 35.4 Å². The van der Waals surface area contributed by atoms with Gasteiger partial charge in [-0.25, -0.2) is 5.48 Å². The SMILES string of the molecule is CNC(=O)C(C)(C(=O)NO)N(C)C(=O)c1ccc(C#CCC(CO)OC)cc1. The fraction of sp³-hybridized carbons (Fsp3) is 0.421. The molecule has 3 amide bonds. The molecule has 2 unspecified atom stereocenters. The monoisotopic (exact) mass is 391 g/mol. The Bertz CT molecular complexity index is 746. The van der Waals surface area contributed by atoms with Crippen LogP contribution in [0.5, 0.6) is 0 Å². The zero-order valence-corrected chi connectivity index (χ0v) is 16.3. The highest BCUT2D eigenvalue weighted by molar-refractivity contribution is 6.12. The topological polar surface area (TPSA) is 128 Å².